The number of benzene rings is 1. The number of rotatable bonds is 4. The summed E-state index contributed by atoms with van der Waals surface area (Å²) in [7, 11) is 1.60. The number of carbonyl (C=O) groups is 2. The number of anilines is 1. The van der Waals surface area contributed by atoms with Crippen LogP contribution < -0.4 is 20.7 Å². The first-order chi connectivity index (χ1) is 11.2. The highest BCUT2D eigenvalue weighted by atomic mass is 16.5. The average Bonchev–Trinajstić information content (AvgIpc) is 2.56. The smallest absolute Gasteiger partial charge is 0.237 e. The van der Waals surface area contributed by atoms with Crippen molar-refractivity contribution in [3.63, 3.8) is 0 Å². The standard InChI is InChI=1S/C17H23N3O3/c1-23-12-8-6-11(7-9-12)18-16(21)10-15-17(22)20-14-5-3-2-4-13(14)19-15/h6-9,13-15,19H,2-5,10H2,1H3,(H,18,21)(H,20,22)/t13-,14-,15-/m0/s1. The number of hydrogen-bond acceptors (Lipinski definition) is 4. The Morgan fingerprint density at radius 3 is 2.61 bits per heavy atom. The minimum absolute atomic E-state index is 0.0713. The van der Waals surface area contributed by atoms with E-state index in [-0.39, 0.29) is 24.3 Å². The molecule has 0 bridgehead atoms. The summed E-state index contributed by atoms with van der Waals surface area (Å²) in [4.78, 5) is 24.3. The first-order valence-electron chi connectivity index (χ1n) is 8.16. The summed E-state index contributed by atoms with van der Waals surface area (Å²) in [6, 6.07) is 7.19. The van der Waals surface area contributed by atoms with Crippen LogP contribution in [0.4, 0.5) is 5.69 Å². The normalized spacial score (nSPS) is 26.8. The van der Waals surface area contributed by atoms with Crippen LogP contribution in [-0.4, -0.2) is 37.0 Å². The number of piperazine rings is 1. The zero-order valence-electron chi connectivity index (χ0n) is 13.3. The molecule has 3 N–H and O–H groups in total. The lowest BCUT2D eigenvalue weighted by Gasteiger charge is -2.40. The van der Waals surface area contributed by atoms with E-state index in [1.54, 1.807) is 31.4 Å². The fourth-order valence-electron chi connectivity index (χ4n) is 3.34. The number of amides is 2. The van der Waals surface area contributed by atoms with Crippen LogP contribution in [0.2, 0.25) is 0 Å². The number of hydrogen-bond donors (Lipinski definition) is 3. The average molecular weight is 317 g/mol. The van der Waals surface area contributed by atoms with Gasteiger partial charge < -0.3 is 20.7 Å². The van der Waals surface area contributed by atoms with Crippen molar-refractivity contribution in [2.75, 3.05) is 12.4 Å². The molecule has 0 unspecified atom stereocenters. The summed E-state index contributed by atoms with van der Waals surface area (Å²) in [5.41, 5.74) is 0.697. The molecule has 2 fully saturated rings. The monoisotopic (exact) mass is 317 g/mol. The Hall–Kier alpha value is -2.08. The highest BCUT2D eigenvalue weighted by Gasteiger charge is 2.36. The van der Waals surface area contributed by atoms with Crippen molar-refractivity contribution in [3.8, 4) is 5.75 Å². The number of methoxy groups -OCH3 is 1. The SMILES string of the molecule is COc1ccc(NC(=O)C[C@@H]2N[C@H]3CCCC[C@@H]3NC2=O)cc1. The Morgan fingerprint density at radius 2 is 1.91 bits per heavy atom. The second kappa shape index (κ2) is 7.00. The van der Waals surface area contributed by atoms with Gasteiger partial charge in [-0.3, -0.25) is 9.59 Å². The van der Waals surface area contributed by atoms with Crippen molar-refractivity contribution >= 4 is 17.5 Å². The van der Waals surface area contributed by atoms with Crippen LogP contribution in [-0.2, 0) is 9.59 Å². The highest BCUT2D eigenvalue weighted by molar-refractivity contribution is 5.95. The Morgan fingerprint density at radius 1 is 1.22 bits per heavy atom. The van der Waals surface area contributed by atoms with E-state index >= 15 is 0 Å². The zero-order chi connectivity index (χ0) is 16.2. The molecule has 0 spiro atoms. The molecule has 23 heavy (non-hydrogen) atoms. The molecule has 1 aliphatic heterocycles. The minimum Gasteiger partial charge on any atom is -0.497 e. The molecule has 1 aromatic carbocycles. The van der Waals surface area contributed by atoms with Crippen molar-refractivity contribution in [2.24, 2.45) is 0 Å². The molecule has 2 amide bonds. The summed E-state index contributed by atoms with van der Waals surface area (Å²) >= 11 is 0. The van der Waals surface area contributed by atoms with Crippen LogP contribution in [0.3, 0.4) is 0 Å². The summed E-state index contributed by atoms with van der Waals surface area (Å²) in [5.74, 6) is 0.495. The number of carbonyl (C=O) groups excluding carboxylic acids is 2. The van der Waals surface area contributed by atoms with Crippen LogP contribution in [0.25, 0.3) is 0 Å². The van der Waals surface area contributed by atoms with Gasteiger partial charge in [0.1, 0.15) is 5.75 Å². The topological polar surface area (TPSA) is 79.5 Å². The molecule has 1 aromatic rings. The van der Waals surface area contributed by atoms with E-state index in [0.29, 0.717) is 11.7 Å². The van der Waals surface area contributed by atoms with Gasteiger partial charge in [-0.25, -0.2) is 0 Å². The number of nitrogens with one attached hydrogen (secondary N) is 3. The fraction of sp³-hybridized carbons (Fsp3) is 0.529. The van der Waals surface area contributed by atoms with E-state index < -0.39 is 6.04 Å². The molecule has 1 aliphatic carbocycles. The molecular formula is C17H23N3O3. The van der Waals surface area contributed by atoms with Gasteiger partial charge >= 0.3 is 0 Å². The van der Waals surface area contributed by atoms with Crippen molar-refractivity contribution in [1.82, 2.24) is 10.6 Å². The molecule has 0 aromatic heterocycles. The van der Waals surface area contributed by atoms with Crippen LogP contribution in [0.1, 0.15) is 32.1 Å². The Kier molecular flexibility index (Phi) is 4.81. The van der Waals surface area contributed by atoms with Crippen LogP contribution in [0, 0.1) is 0 Å². The van der Waals surface area contributed by atoms with Gasteiger partial charge in [0, 0.05) is 17.8 Å². The first kappa shape index (κ1) is 15.8. The molecule has 3 rings (SSSR count). The summed E-state index contributed by atoms with van der Waals surface area (Å²) in [6.45, 7) is 0. The quantitative estimate of drug-likeness (QED) is 0.785. The van der Waals surface area contributed by atoms with Crippen molar-refractivity contribution in [2.45, 2.75) is 50.2 Å². The second-order valence-corrected chi connectivity index (χ2v) is 6.21. The number of ether oxygens (including phenoxy) is 1. The van der Waals surface area contributed by atoms with Crippen LogP contribution in [0.15, 0.2) is 24.3 Å². The molecule has 0 radical (unpaired) electrons. The van der Waals surface area contributed by atoms with Crippen molar-refractivity contribution in [3.05, 3.63) is 24.3 Å². The second-order valence-electron chi connectivity index (χ2n) is 6.21. The van der Waals surface area contributed by atoms with E-state index in [0.717, 1.165) is 25.0 Å². The fourth-order valence-corrected chi connectivity index (χ4v) is 3.34. The largest absolute Gasteiger partial charge is 0.497 e. The maximum absolute atomic E-state index is 12.2. The molecular weight excluding hydrogens is 294 g/mol. The maximum atomic E-state index is 12.2. The van der Waals surface area contributed by atoms with Gasteiger partial charge in [0.25, 0.3) is 0 Å². The predicted molar refractivity (Wildman–Crippen MR) is 87.4 cm³/mol. The van der Waals surface area contributed by atoms with E-state index in [4.69, 9.17) is 4.74 Å². The lowest BCUT2D eigenvalue weighted by atomic mass is 9.87. The lowest BCUT2D eigenvalue weighted by molar-refractivity contribution is -0.129. The van der Waals surface area contributed by atoms with Gasteiger partial charge in [-0.05, 0) is 37.1 Å². The zero-order valence-corrected chi connectivity index (χ0v) is 13.3. The Bertz CT molecular complexity index is 573. The van der Waals surface area contributed by atoms with Crippen LogP contribution >= 0.6 is 0 Å². The van der Waals surface area contributed by atoms with E-state index in [2.05, 4.69) is 16.0 Å². The van der Waals surface area contributed by atoms with E-state index in [1.807, 2.05) is 0 Å². The molecule has 1 heterocycles. The molecule has 6 nitrogen and oxygen atoms in total. The van der Waals surface area contributed by atoms with E-state index in [1.165, 1.54) is 6.42 Å². The van der Waals surface area contributed by atoms with Gasteiger partial charge in [-0.15, -0.1) is 0 Å². The van der Waals surface area contributed by atoms with Gasteiger partial charge in [0.2, 0.25) is 11.8 Å². The third-order valence-corrected chi connectivity index (χ3v) is 4.59. The molecule has 1 saturated carbocycles. The van der Waals surface area contributed by atoms with Gasteiger partial charge in [0.05, 0.1) is 19.6 Å². The lowest BCUT2D eigenvalue weighted by Crippen LogP contribution is -2.65. The third kappa shape index (κ3) is 3.82. The summed E-state index contributed by atoms with van der Waals surface area (Å²) in [6.07, 6.45) is 4.55. The summed E-state index contributed by atoms with van der Waals surface area (Å²) in [5, 5.41) is 9.22. The van der Waals surface area contributed by atoms with E-state index in [9.17, 15) is 9.59 Å². The molecule has 3 atom stereocenters. The molecule has 6 heteroatoms. The Labute approximate surface area is 136 Å². The summed E-state index contributed by atoms with van der Waals surface area (Å²) < 4.78 is 5.08. The molecule has 1 saturated heterocycles. The molecule has 124 valence electrons. The van der Waals surface area contributed by atoms with Gasteiger partial charge in [-0.2, -0.15) is 0 Å². The first-order valence-corrected chi connectivity index (χ1v) is 8.16. The third-order valence-electron chi connectivity index (χ3n) is 4.59. The van der Waals surface area contributed by atoms with Gasteiger partial charge in [0.15, 0.2) is 0 Å². The minimum atomic E-state index is -0.451. The number of fused-ring (bicyclic) bond motifs is 1. The Balaban J connectivity index is 1.55. The van der Waals surface area contributed by atoms with Crippen LogP contribution in [0.5, 0.6) is 5.75 Å². The predicted octanol–water partition coefficient (Wildman–Crippen LogP) is 1.42. The van der Waals surface area contributed by atoms with Crippen molar-refractivity contribution < 1.29 is 14.3 Å². The van der Waals surface area contributed by atoms with Gasteiger partial charge in [-0.1, -0.05) is 12.8 Å². The maximum Gasteiger partial charge on any atom is 0.237 e. The highest BCUT2D eigenvalue weighted by Crippen LogP contribution is 2.22. The van der Waals surface area contributed by atoms with Crippen molar-refractivity contribution in [1.29, 1.82) is 0 Å². The molecule has 2 aliphatic rings.